The van der Waals surface area contributed by atoms with Gasteiger partial charge >= 0.3 is 0 Å². The Morgan fingerprint density at radius 1 is 1.62 bits per heavy atom. The summed E-state index contributed by atoms with van der Waals surface area (Å²) in [4.78, 5) is 4.12. The normalized spacial score (nSPS) is 19.5. The first kappa shape index (κ1) is 8.53. The van der Waals surface area contributed by atoms with Crippen LogP contribution in [0.3, 0.4) is 0 Å². The van der Waals surface area contributed by atoms with Gasteiger partial charge in [-0.25, -0.2) is 4.98 Å². The van der Waals surface area contributed by atoms with E-state index in [1.807, 2.05) is 7.05 Å². The molecule has 0 amide bonds. The number of nitrogens with zero attached hydrogens (tertiary/aromatic N) is 3. The number of aryl methyl sites for hydroxylation is 1. The molecule has 4 heteroatoms. The highest BCUT2D eigenvalue weighted by Crippen LogP contribution is 2.39. The fourth-order valence-electron chi connectivity index (χ4n) is 1.67. The van der Waals surface area contributed by atoms with Gasteiger partial charge in [0.2, 0.25) is 5.95 Å². The van der Waals surface area contributed by atoms with Crippen molar-refractivity contribution in [2.75, 3.05) is 11.9 Å². The molecule has 4 nitrogen and oxygen atoms in total. The van der Waals surface area contributed by atoms with E-state index in [1.165, 1.54) is 19.3 Å². The summed E-state index contributed by atoms with van der Waals surface area (Å²) in [5.41, 5.74) is 0.485. The molecule has 0 spiro atoms. The van der Waals surface area contributed by atoms with Gasteiger partial charge in [-0.15, -0.1) is 5.10 Å². The third kappa shape index (κ3) is 1.82. The fraction of sp³-hybridized carbons (Fsp3) is 0.778. The number of anilines is 1. The van der Waals surface area contributed by atoms with Crippen molar-refractivity contribution < 1.29 is 0 Å². The molecule has 0 unspecified atom stereocenters. The summed E-state index contributed by atoms with van der Waals surface area (Å²) in [5.74, 6) is 0.746. The van der Waals surface area contributed by atoms with Crippen molar-refractivity contribution in [1.82, 2.24) is 14.8 Å². The van der Waals surface area contributed by atoms with E-state index in [-0.39, 0.29) is 0 Å². The van der Waals surface area contributed by atoms with Crippen LogP contribution >= 0.6 is 0 Å². The number of nitrogens with one attached hydrogen (secondary N) is 1. The Morgan fingerprint density at radius 2 is 2.38 bits per heavy atom. The number of aromatic nitrogens is 3. The van der Waals surface area contributed by atoms with Crippen LogP contribution in [0.2, 0.25) is 0 Å². The third-order valence-corrected chi connectivity index (χ3v) is 2.83. The Kier molecular flexibility index (Phi) is 1.98. The van der Waals surface area contributed by atoms with Crippen LogP contribution in [-0.4, -0.2) is 21.3 Å². The molecule has 0 atom stereocenters. The maximum Gasteiger partial charge on any atom is 0.242 e. The number of hydrogen-bond acceptors (Lipinski definition) is 3. The van der Waals surface area contributed by atoms with Crippen molar-refractivity contribution in [3.05, 3.63) is 6.33 Å². The summed E-state index contributed by atoms with van der Waals surface area (Å²) in [7, 11) is 1.88. The average molecular weight is 180 g/mol. The molecule has 1 heterocycles. The van der Waals surface area contributed by atoms with Crippen molar-refractivity contribution >= 4 is 5.95 Å². The molecule has 13 heavy (non-hydrogen) atoms. The van der Waals surface area contributed by atoms with E-state index in [9.17, 15) is 0 Å². The zero-order valence-corrected chi connectivity index (χ0v) is 8.25. The first-order valence-corrected chi connectivity index (χ1v) is 4.78. The molecule has 1 aliphatic carbocycles. The van der Waals surface area contributed by atoms with Gasteiger partial charge < -0.3 is 5.32 Å². The minimum atomic E-state index is 0.485. The van der Waals surface area contributed by atoms with Crippen molar-refractivity contribution in [2.45, 2.75) is 26.2 Å². The lowest BCUT2D eigenvalue weighted by Crippen LogP contribution is -2.33. The average Bonchev–Trinajstić information content (AvgIpc) is 2.44. The Hall–Kier alpha value is -1.06. The first-order valence-electron chi connectivity index (χ1n) is 4.78. The fourth-order valence-corrected chi connectivity index (χ4v) is 1.67. The molecule has 1 aromatic rings. The van der Waals surface area contributed by atoms with Crippen LogP contribution in [0, 0.1) is 5.41 Å². The highest BCUT2D eigenvalue weighted by atomic mass is 15.4. The van der Waals surface area contributed by atoms with E-state index in [2.05, 4.69) is 22.3 Å². The van der Waals surface area contributed by atoms with Crippen LogP contribution in [0.5, 0.6) is 0 Å². The molecule has 0 bridgehead atoms. The standard InChI is InChI=1S/C9H16N4/c1-9(4-3-5-9)6-10-8-11-7-13(2)12-8/h7H,3-6H2,1-2H3,(H,10,12). The molecular weight excluding hydrogens is 164 g/mol. The summed E-state index contributed by atoms with van der Waals surface area (Å²) >= 11 is 0. The predicted molar refractivity (Wildman–Crippen MR) is 51.5 cm³/mol. The predicted octanol–water partition coefficient (Wildman–Crippen LogP) is 1.42. The summed E-state index contributed by atoms with van der Waals surface area (Å²) in [5, 5.41) is 7.43. The van der Waals surface area contributed by atoms with E-state index >= 15 is 0 Å². The molecule has 2 rings (SSSR count). The minimum Gasteiger partial charge on any atom is -0.352 e. The Bertz CT molecular complexity index is 288. The molecule has 0 aliphatic heterocycles. The third-order valence-electron chi connectivity index (χ3n) is 2.83. The van der Waals surface area contributed by atoms with Gasteiger partial charge in [0.1, 0.15) is 6.33 Å². The van der Waals surface area contributed by atoms with Gasteiger partial charge in [-0.3, -0.25) is 4.68 Å². The smallest absolute Gasteiger partial charge is 0.242 e. The molecule has 0 aromatic carbocycles. The van der Waals surface area contributed by atoms with Crippen LogP contribution in [0.15, 0.2) is 6.33 Å². The number of rotatable bonds is 3. The van der Waals surface area contributed by atoms with Gasteiger partial charge in [-0.2, -0.15) is 0 Å². The molecule has 1 fully saturated rings. The summed E-state index contributed by atoms with van der Waals surface area (Å²) in [6.45, 7) is 3.31. The molecule has 72 valence electrons. The minimum absolute atomic E-state index is 0.485. The van der Waals surface area contributed by atoms with Crippen molar-refractivity contribution in [1.29, 1.82) is 0 Å². The van der Waals surface area contributed by atoms with E-state index in [0.29, 0.717) is 5.41 Å². The van der Waals surface area contributed by atoms with Gasteiger partial charge in [0.25, 0.3) is 0 Å². The Morgan fingerprint density at radius 3 is 2.85 bits per heavy atom. The van der Waals surface area contributed by atoms with Crippen LogP contribution in [0.25, 0.3) is 0 Å². The van der Waals surface area contributed by atoms with E-state index in [4.69, 9.17) is 0 Å². The lowest BCUT2D eigenvalue weighted by Gasteiger charge is -2.38. The van der Waals surface area contributed by atoms with E-state index < -0.39 is 0 Å². The lowest BCUT2D eigenvalue weighted by atomic mass is 9.70. The quantitative estimate of drug-likeness (QED) is 0.765. The highest BCUT2D eigenvalue weighted by molar-refractivity contribution is 5.21. The highest BCUT2D eigenvalue weighted by Gasteiger charge is 2.31. The molecule has 1 saturated carbocycles. The second kappa shape index (κ2) is 3.01. The molecule has 1 N–H and O–H groups in total. The van der Waals surface area contributed by atoms with Crippen LogP contribution in [-0.2, 0) is 7.05 Å². The van der Waals surface area contributed by atoms with Crippen molar-refractivity contribution in [3.63, 3.8) is 0 Å². The Labute approximate surface area is 78.4 Å². The maximum atomic E-state index is 4.17. The largest absolute Gasteiger partial charge is 0.352 e. The van der Waals surface area contributed by atoms with Gasteiger partial charge in [-0.05, 0) is 18.3 Å². The molecule has 0 saturated heterocycles. The van der Waals surface area contributed by atoms with Crippen molar-refractivity contribution in [2.24, 2.45) is 12.5 Å². The van der Waals surface area contributed by atoms with E-state index in [1.54, 1.807) is 11.0 Å². The SMILES string of the molecule is Cn1cnc(NCC2(C)CCC2)n1. The number of hydrogen-bond donors (Lipinski definition) is 1. The van der Waals surface area contributed by atoms with Gasteiger partial charge in [0, 0.05) is 13.6 Å². The monoisotopic (exact) mass is 180 g/mol. The second-order valence-electron chi connectivity index (χ2n) is 4.26. The first-order chi connectivity index (χ1) is 6.18. The molecule has 1 aliphatic rings. The van der Waals surface area contributed by atoms with Crippen LogP contribution in [0.1, 0.15) is 26.2 Å². The lowest BCUT2D eigenvalue weighted by molar-refractivity contribution is 0.179. The zero-order chi connectivity index (χ0) is 9.31. The van der Waals surface area contributed by atoms with Gasteiger partial charge in [-0.1, -0.05) is 13.3 Å². The van der Waals surface area contributed by atoms with E-state index in [0.717, 1.165) is 12.5 Å². The molecule has 1 aromatic heterocycles. The van der Waals surface area contributed by atoms with Gasteiger partial charge in [0.05, 0.1) is 0 Å². The second-order valence-corrected chi connectivity index (χ2v) is 4.26. The maximum absolute atomic E-state index is 4.17. The molecule has 0 radical (unpaired) electrons. The summed E-state index contributed by atoms with van der Waals surface area (Å²) in [6, 6.07) is 0. The summed E-state index contributed by atoms with van der Waals surface area (Å²) < 4.78 is 1.71. The zero-order valence-electron chi connectivity index (χ0n) is 8.25. The molecular formula is C9H16N4. The summed E-state index contributed by atoms with van der Waals surface area (Å²) in [6.07, 6.45) is 5.74. The topological polar surface area (TPSA) is 42.7 Å². The van der Waals surface area contributed by atoms with Gasteiger partial charge in [0.15, 0.2) is 0 Å². The van der Waals surface area contributed by atoms with Crippen molar-refractivity contribution in [3.8, 4) is 0 Å². The van der Waals surface area contributed by atoms with Crippen LogP contribution < -0.4 is 5.32 Å². The Balaban J connectivity index is 1.85. The van der Waals surface area contributed by atoms with Crippen LogP contribution in [0.4, 0.5) is 5.95 Å².